The fourth-order valence-electron chi connectivity index (χ4n) is 3.49. The van der Waals surface area contributed by atoms with Gasteiger partial charge in [-0.2, -0.15) is 0 Å². The molecule has 0 N–H and O–H groups in total. The lowest BCUT2D eigenvalue weighted by Crippen LogP contribution is -2.16. The smallest absolute Gasteiger partial charge is 0.199 e. The van der Waals surface area contributed by atoms with E-state index in [1.165, 1.54) is 0 Å². The van der Waals surface area contributed by atoms with E-state index in [1.807, 2.05) is 36.4 Å². The van der Waals surface area contributed by atoms with Gasteiger partial charge in [0.1, 0.15) is 13.2 Å². The van der Waals surface area contributed by atoms with Crippen molar-refractivity contribution in [3.05, 3.63) is 36.4 Å². The minimum Gasteiger partial charge on any atom is -0.487 e. The van der Waals surface area contributed by atoms with Gasteiger partial charge in [0.2, 0.25) is 0 Å². The number of hydrogen-bond acceptors (Lipinski definition) is 10. The number of hydrogen-bond donors (Lipinski definition) is 0. The van der Waals surface area contributed by atoms with Crippen LogP contribution in [0.5, 0.6) is 11.5 Å². The summed E-state index contributed by atoms with van der Waals surface area (Å²) < 4.78 is 34.0. The Balaban J connectivity index is 1.41. The van der Waals surface area contributed by atoms with Gasteiger partial charge in [0, 0.05) is 12.1 Å². The first-order valence-electron chi connectivity index (χ1n) is 11.3. The molecule has 34 heavy (non-hydrogen) atoms. The van der Waals surface area contributed by atoms with Crippen LogP contribution in [-0.4, -0.2) is 86.0 Å². The van der Waals surface area contributed by atoms with E-state index in [9.17, 15) is 0 Å². The minimum absolute atomic E-state index is 0.354. The lowest BCUT2D eigenvalue weighted by molar-refractivity contribution is -0.00840. The Hall–Kier alpha value is -3.18. The van der Waals surface area contributed by atoms with Gasteiger partial charge < -0.3 is 28.4 Å². The van der Waals surface area contributed by atoms with E-state index in [0.29, 0.717) is 99.9 Å². The third-order valence-electron chi connectivity index (χ3n) is 5.11. The molecule has 0 spiro atoms. The number of aromatic nitrogens is 4. The van der Waals surface area contributed by atoms with Gasteiger partial charge in [-0.3, -0.25) is 0 Å². The summed E-state index contributed by atoms with van der Waals surface area (Å²) in [4.78, 5) is 18.6. The Kier molecular flexibility index (Phi) is 7.51. The predicted octanol–water partition coefficient (Wildman–Crippen LogP) is 2.56. The summed E-state index contributed by atoms with van der Waals surface area (Å²) in [7, 11) is 0. The fourth-order valence-corrected chi connectivity index (χ4v) is 3.49. The highest BCUT2D eigenvalue weighted by Crippen LogP contribution is 2.32. The van der Waals surface area contributed by atoms with Crippen molar-refractivity contribution >= 4 is 33.4 Å². The fraction of sp³-hybridized carbons (Fsp3) is 0.417. The van der Waals surface area contributed by atoms with Crippen LogP contribution in [0, 0.1) is 0 Å². The normalized spacial score (nSPS) is 17.4. The molecule has 4 aromatic rings. The standard InChI is InChI=1S/C24H26N4O6/c1-2-4-18-17(3-1)25-23-24(26-18)28-20-16-22-21(15-19(20)27-23)33-13-11-31-9-7-29-5-6-30-8-10-32-12-14-34-22/h1-4,15-16H,5-14H2. The van der Waals surface area contributed by atoms with Crippen LogP contribution in [-0.2, 0) is 18.9 Å². The summed E-state index contributed by atoms with van der Waals surface area (Å²) in [6.07, 6.45) is 0. The molecule has 1 aliphatic rings. The number of para-hydroxylation sites is 2. The molecule has 2 aromatic heterocycles. The SMILES string of the molecule is c1ccc2nc3nc4cc5c(cc4nc3nc2c1)OCCOCCOCCOCCOCCO5. The summed E-state index contributed by atoms with van der Waals surface area (Å²) in [6.45, 7) is 4.57. The first kappa shape index (κ1) is 22.6. The molecule has 0 unspecified atom stereocenters. The van der Waals surface area contributed by atoms with Crippen LogP contribution in [0.3, 0.4) is 0 Å². The molecule has 0 saturated carbocycles. The maximum Gasteiger partial charge on any atom is 0.199 e. The van der Waals surface area contributed by atoms with Gasteiger partial charge >= 0.3 is 0 Å². The van der Waals surface area contributed by atoms with Crippen LogP contribution in [0.2, 0.25) is 0 Å². The molecule has 0 fully saturated rings. The van der Waals surface area contributed by atoms with Crippen LogP contribution >= 0.6 is 0 Å². The first-order valence-corrected chi connectivity index (χ1v) is 11.3. The van der Waals surface area contributed by atoms with E-state index in [2.05, 4.69) is 19.9 Å². The molecule has 0 saturated heterocycles. The van der Waals surface area contributed by atoms with Gasteiger partial charge in [-0.15, -0.1) is 0 Å². The second kappa shape index (κ2) is 11.3. The molecule has 3 heterocycles. The second-order valence-corrected chi connectivity index (χ2v) is 7.52. The summed E-state index contributed by atoms with van der Waals surface area (Å²) in [5, 5.41) is 0. The zero-order valence-electron chi connectivity index (χ0n) is 18.8. The first-order chi connectivity index (χ1) is 16.9. The third kappa shape index (κ3) is 5.65. The number of ether oxygens (including phenoxy) is 6. The van der Waals surface area contributed by atoms with Crippen molar-refractivity contribution in [1.82, 2.24) is 19.9 Å². The summed E-state index contributed by atoms with van der Waals surface area (Å²) in [6, 6.07) is 11.3. The summed E-state index contributed by atoms with van der Waals surface area (Å²) in [5.41, 5.74) is 3.78. The number of fused-ring (bicyclic) bond motifs is 4. The van der Waals surface area contributed by atoms with Crippen LogP contribution in [0.1, 0.15) is 0 Å². The van der Waals surface area contributed by atoms with Crippen molar-refractivity contribution in [1.29, 1.82) is 0 Å². The van der Waals surface area contributed by atoms with E-state index < -0.39 is 0 Å². The Morgan fingerprint density at radius 1 is 0.441 bits per heavy atom. The van der Waals surface area contributed by atoms with Gasteiger partial charge in [0.25, 0.3) is 0 Å². The molecule has 0 atom stereocenters. The topological polar surface area (TPSA) is 107 Å². The van der Waals surface area contributed by atoms with Crippen molar-refractivity contribution in [3.63, 3.8) is 0 Å². The average Bonchev–Trinajstić information content (AvgIpc) is 2.85. The van der Waals surface area contributed by atoms with Crippen LogP contribution in [0.15, 0.2) is 36.4 Å². The minimum atomic E-state index is 0.354. The largest absolute Gasteiger partial charge is 0.487 e. The van der Waals surface area contributed by atoms with Crippen LogP contribution in [0.4, 0.5) is 0 Å². The zero-order chi connectivity index (χ0) is 23.0. The average molecular weight is 466 g/mol. The Morgan fingerprint density at radius 3 is 1.21 bits per heavy atom. The maximum atomic E-state index is 5.97. The summed E-state index contributed by atoms with van der Waals surface area (Å²) in [5.74, 6) is 1.11. The highest BCUT2D eigenvalue weighted by Gasteiger charge is 2.13. The van der Waals surface area contributed by atoms with Gasteiger partial charge in [-0.25, -0.2) is 19.9 Å². The van der Waals surface area contributed by atoms with Crippen LogP contribution < -0.4 is 9.47 Å². The number of nitrogens with zero attached hydrogens (tertiary/aromatic N) is 4. The molecule has 178 valence electrons. The van der Waals surface area contributed by atoms with E-state index >= 15 is 0 Å². The van der Waals surface area contributed by atoms with Crippen molar-refractivity contribution < 1.29 is 28.4 Å². The van der Waals surface area contributed by atoms with Gasteiger partial charge in [0.05, 0.1) is 74.9 Å². The quantitative estimate of drug-likeness (QED) is 0.359. The Bertz CT molecular complexity index is 1160. The second-order valence-electron chi connectivity index (χ2n) is 7.52. The van der Waals surface area contributed by atoms with E-state index in [0.717, 1.165) is 11.0 Å². The zero-order valence-corrected chi connectivity index (χ0v) is 18.8. The van der Waals surface area contributed by atoms with Crippen molar-refractivity contribution in [2.45, 2.75) is 0 Å². The van der Waals surface area contributed by atoms with Crippen molar-refractivity contribution in [3.8, 4) is 11.5 Å². The lowest BCUT2D eigenvalue weighted by atomic mass is 10.2. The predicted molar refractivity (Wildman–Crippen MR) is 124 cm³/mol. The highest BCUT2D eigenvalue weighted by atomic mass is 16.6. The molecular formula is C24H26N4O6. The van der Waals surface area contributed by atoms with Crippen molar-refractivity contribution in [2.24, 2.45) is 0 Å². The molecule has 10 heteroatoms. The van der Waals surface area contributed by atoms with Gasteiger partial charge in [-0.1, -0.05) is 12.1 Å². The summed E-state index contributed by atoms with van der Waals surface area (Å²) >= 11 is 0. The van der Waals surface area contributed by atoms with Gasteiger partial charge in [-0.05, 0) is 12.1 Å². The number of benzene rings is 2. The monoisotopic (exact) mass is 466 g/mol. The van der Waals surface area contributed by atoms with Gasteiger partial charge in [0.15, 0.2) is 22.8 Å². The molecule has 0 amide bonds. The van der Waals surface area contributed by atoms with Crippen molar-refractivity contribution in [2.75, 3.05) is 66.1 Å². The Labute approximate surface area is 196 Å². The molecule has 0 bridgehead atoms. The molecule has 0 aliphatic carbocycles. The maximum absolute atomic E-state index is 5.97. The third-order valence-corrected chi connectivity index (χ3v) is 5.11. The van der Waals surface area contributed by atoms with E-state index in [-0.39, 0.29) is 0 Å². The molecular weight excluding hydrogens is 440 g/mol. The number of rotatable bonds is 0. The molecule has 0 radical (unpaired) electrons. The molecule has 10 nitrogen and oxygen atoms in total. The molecule has 1 aliphatic heterocycles. The lowest BCUT2D eigenvalue weighted by Gasteiger charge is -2.15. The van der Waals surface area contributed by atoms with Crippen LogP contribution in [0.25, 0.3) is 33.4 Å². The molecule has 2 aromatic carbocycles. The van der Waals surface area contributed by atoms with E-state index in [4.69, 9.17) is 28.4 Å². The van der Waals surface area contributed by atoms with E-state index in [1.54, 1.807) is 0 Å². The highest BCUT2D eigenvalue weighted by molar-refractivity contribution is 5.89. The molecule has 5 rings (SSSR count). The Morgan fingerprint density at radius 2 is 0.794 bits per heavy atom.